The van der Waals surface area contributed by atoms with Crippen molar-refractivity contribution in [1.29, 1.82) is 0 Å². The van der Waals surface area contributed by atoms with Gasteiger partial charge in [-0.05, 0) is 62.7 Å². The van der Waals surface area contributed by atoms with Gasteiger partial charge in [-0.2, -0.15) is 0 Å². The van der Waals surface area contributed by atoms with Gasteiger partial charge in [-0.3, -0.25) is 29.8 Å². The molecule has 1 aliphatic rings. The van der Waals surface area contributed by atoms with Crippen LogP contribution < -0.4 is 20.4 Å². The number of carbonyl (C=O) groups is 4. The molecule has 3 aromatic rings. The molecule has 35 heavy (non-hydrogen) atoms. The summed E-state index contributed by atoms with van der Waals surface area (Å²) in [6, 6.07) is 16.2. The van der Waals surface area contributed by atoms with Crippen LogP contribution in [0.25, 0.3) is 6.08 Å². The van der Waals surface area contributed by atoms with Crippen molar-refractivity contribution in [3.05, 3.63) is 88.8 Å². The van der Waals surface area contributed by atoms with Crippen LogP contribution in [-0.2, 0) is 9.59 Å². The number of imide groups is 2. The highest BCUT2D eigenvalue weighted by molar-refractivity contribution is 6.39. The molecule has 0 saturated carbocycles. The Balaban J connectivity index is 1.66. The Morgan fingerprint density at radius 2 is 1.77 bits per heavy atom. The lowest BCUT2D eigenvalue weighted by Crippen LogP contribution is -2.54. The van der Waals surface area contributed by atoms with Gasteiger partial charge in [-0.1, -0.05) is 24.3 Å². The SMILES string of the molecule is CCOc1cccc(N2C(=O)NC(=O)/C(=C\c3cc(C)n(NC(=O)c4ccccc4)c3C)C2=O)c1. The van der Waals surface area contributed by atoms with Gasteiger partial charge in [0.05, 0.1) is 12.3 Å². The number of rotatable bonds is 6. The standard InChI is InChI=1S/C26H24N4O5/c1-4-35-21-12-8-11-20(15-21)29-25(33)22(24(32)27-26(29)34)14-19-13-16(2)30(17(19)3)28-23(31)18-9-6-5-7-10-18/h5-15H,4H2,1-3H3,(H,28,31)(H,27,32,34)/b22-14+. The average molecular weight is 473 g/mol. The van der Waals surface area contributed by atoms with E-state index in [1.807, 2.05) is 13.0 Å². The van der Waals surface area contributed by atoms with Crippen LogP contribution in [0, 0.1) is 13.8 Å². The molecule has 0 atom stereocenters. The van der Waals surface area contributed by atoms with Gasteiger partial charge in [0, 0.05) is 23.0 Å². The topological polar surface area (TPSA) is 110 Å². The van der Waals surface area contributed by atoms with E-state index in [0.717, 1.165) is 4.90 Å². The Morgan fingerprint density at radius 3 is 2.49 bits per heavy atom. The molecule has 1 saturated heterocycles. The Kier molecular flexibility index (Phi) is 6.50. The summed E-state index contributed by atoms with van der Waals surface area (Å²) in [6.07, 6.45) is 1.41. The number of nitrogens with zero attached hydrogens (tertiary/aromatic N) is 2. The van der Waals surface area contributed by atoms with Gasteiger partial charge in [0.15, 0.2) is 0 Å². The number of benzene rings is 2. The van der Waals surface area contributed by atoms with Gasteiger partial charge in [-0.25, -0.2) is 9.69 Å². The number of hydrogen-bond donors (Lipinski definition) is 2. The van der Waals surface area contributed by atoms with Crippen LogP contribution in [0.15, 0.2) is 66.2 Å². The van der Waals surface area contributed by atoms with Crippen molar-refractivity contribution in [1.82, 2.24) is 9.99 Å². The van der Waals surface area contributed by atoms with Crippen molar-refractivity contribution in [3.8, 4) is 5.75 Å². The predicted molar refractivity (Wildman–Crippen MR) is 131 cm³/mol. The average Bonchev–Trinajstić information content (AvgIpc) is 3.10. The van der Waals surface area contributed by atoms with Crippen LogP contribution in [0.2, 0.25) is 0 Å². The molecule has 1 fully saturated rings. The van der Waals surface area contributed by atoms with E-state index < -0.39 is 17.8 Å². The number of urea groups is 1. The lowest BCUT2D eigenvalue weighted by molar-refractivity contribution is -0.122. The van der Waals surface area contributed by atoms with Gasteiger partial charge in [0.2, 0.25) is 0 Å². The Labute approximate surface area is 202 Å². The van der Waals surface area contributed by atoms with Crippen molar-refractivity contribution in [2.24, 2.45) is 0 Å². The third-order valence-electron chi connectivity index (χ3n) is 5.51. The van der Waals surface area contributed by atoms with Crippen LogP contribution in [0.4, 0.5) is 10.5 Å². The van der Waals surface area contributed by atoms with E-state index in [1.54, 1.807) is 73.1 Å². The molecule has 5 amide bonds. The van der Waals surface area contributed by atoms with Crippen LogP contribution >= 0.6 is 0 Å². The van der Waals surface area contributed by atoms with Crippen molar-refractivity contribution in [2.45, 2.75) is 20.8 Å². The molecule has 2 N–H and O–H groups in total. The minimum atomic E-state index is -0.841. The lowest BCUT2D eigenvalue weighted by Gasteiger charge is -2.26. The highest BCUT2D eigenvalue weighted by Gasteiger charge is 2.37. The minimum absolute atomic E-state index is 0.207. The van der Waals surface area contributed by atoms with Gasteiger partial charge in [0.25, 0.3) is 17.7 Å². The zero-order chi connectivity index (χ0) is 25.1. The lowest BCUT2D eigenvalue weighted by atomic mass is 10.1. The second-order valence-corrected chi connectivity index (χ2v) is 7.86. The first-order valence-corrected chi connectivity index (χ1v) is 11.0. The van der Waals surface area contributed by atoms with Crippen LogP contribution in [0.1, 0.15) is 34.2 Å². The predicted octanol–water partition coefficient (Wildman–Crippen LogP) is 3.55. The number of hydrogen-bond acceptors (Lipinski definition) is 5. The van der Waals surface area contributed by atoms with Gasteiger partial charge < -0.3 is 4.74 Å². The maximum absolute atomic E-state index is 13.2. The Morgan fingerprint density at radius 1 is 1.03 bits per heavy atom. The first-order valence-electron chi connectivity index (χ1n) is 11.0. The summed E-state index contributed by atoms with van der Waals surface area (Å²) in [5, 5.41) is 2.22. The maximum atomic E-state index is 13.2. The summed E-state index contributed by atoms with van der Waals surface area (Å²) in [6.45, 7) is 5.79. The van der Waals surface area contributed by atoms with Gasteiger partial charge >= 0.3 is 6.03 Å². The van der Waals surface area contributed by atoms with Crippen LogP contribution in [0.3, 0.4) is 0 Å². The second kappa shape index (κ2) is 9.68. The molecule has 0 bridgehead atoms. The zero-order valence-electron chi connectivity index (χ0n) is 19.5. The number of aryl methyl sites for hydroxylation is 1. The van der Waals surface area contributed by atoms with E-state index in [2.05, 4.69) is 10.7 Å². The van der Waals surface area contributed by atoms with Crippen LogP contribution in [0.5, 0.6) is 5.75 Å². The molecule has 1 aromatic heterocycles. The van der Waals surface area contributed by atoms with Crippen LogP contribution in [-0.4, -0.2) is 35.0 Å². The van der Waals surface area contributed by atoms with Crippen molar-refractivity contribution in [2.75, 3.05) is 16.9 Å². The molecule has 2 heterocycles. The fraction of sp³-hybridized carbons (Fsp3) is 0.154. The summed E-state index contributed by atoms with van der Waals surface area (Å²) in [4.78, 5) is 51.9. The molecule has 4 rings (SSSR count). The quantitative estimate of drug-likeness (QED) is 0.421. The monoisotopic (exact) mass is 472 g/mol. The molecule has 9 heteroatoms. The highest BCUT2D eigenvalue weighted by atomic mass is 16.5. The Hall–Kier alpha value is -4.66. The number of nitrogens with one attached hydrogen (secondary N) is 2. The number of ether oxygens (including phenoxy) is 1. The molecule has 178 valence electrons. The van der Waals surface area contributed by atoms with Crippen molar-refractivity contribution < 1.29 is 23.9 Å². The minimum Gasteiger partial charge on any atom is -0.494 e. The van der Waals surface area contributed by atoms with E-state index in [1.165, 1.54) is 6.08 Å². The summed E-state index contributed by atoms with van der Waals surface area (Å²) in [5.74, 6) is -1.37. The van der Waals surface area contributed by atoms with E-state index in [0.29, 0.717) is 34.9 Å². The molecule has 0 unspecified atom stereocenters. The number of carbonyl (C=O) groups excluding carboxylic acids is 4. The van der Waals surface area contributed by atoms with Gasteiger partial charge in [-0.15, -0.1) is 0 Å². The fourth-order valence-corrected chi connectivity index (χ4v) is 3.79. The molecule has 1 aliphatic heterocycles. The molecule has 9 nitrogen and oxygen atoms in total. The number of amides is 5. The van der Waals surface area contributed by atoms with Crippen molar-refractivity contribution in [3.63, 3.8) is 0 Å². The van der Waals surface area contributed by atoms with E-state index in [4.69, 9.17) is 4.74 Å². The molecular formula is C26H24N4O5. The smallest absolute Gasteiger partial charge is 0.335 e. The first kappa shape index (κ1) is 23.5. The summed E-state index contributed by atoms with van der Waals surface area (Å²) in [7, 11) is 0. The summed E-state index contributed by atoms with van der Waals surface area (Å²) in [5.41, 5.74) is 5.23. The van der Waals surface area contributed by atoms with E-state index in [9.17, 15) is 19.2 Å². The second-order valence-electron chi connectivity index (χ2n) is 7.86. The Bertz CT molecular complexity index is 1360. The molecule has 0 radical (unpaired) electrons. The summed E-state index contributed by atoms with van der Waals surface area (Å²) < 4.78 is 7.04. The number of anilines is 1. The number of barbiturate groups is 1. The highest BCUT2D eigenvalue weighted by Crippen LogP contribution is 2.26. The van der Waals surface area contributed by atoms with Gasteiger partial charge in [0.1, 0.15) is 11.3 Å². The molecular weight excluding hydrogens is 448 g/mol. The third-order valence-corrected chi connectivity index (χ3v) is 5.51. The zero-order valence-corrected chi connectivity index (χ0v) is 19.5. The van der Waals surface area contributed by atoms with E-state index >= 15 is 0 Å². The van der Waals surface area contributed by atoms with Crippen molar-refractivity contribution >= 4 is 35.5 Å². The molecule has 0 spiro atoms. The maximum Gasteiger partial charge on any atom is 0.335 e. The third kappa shape index (κ3) is 4.70. The normalized spacial score (nSPS) is 14.8. The molecule has 2 aromatic carbocycles. The largest absolute Gasteiger partial charge is 0.494 e. The fourth-order valence-electron chi connectivity index (χ4n) is 3.79. The summed E-state index contributed by atoms with van der Waals surface area (Å²) >= 11 is 0. The number of aromatic nitrogens is 1. The van der Waals surface area contributed by atoms with E-state index in [-0.39, 0.29) is 17.2 Å². The first-order chi connectivity index (χ1) is 16.8. The molecule has 0 aliphatic carbocycles.